The number of aryl methyl sites for hydroxylation is 1. The van der Waals surface area contributed by atoms with Gasteiger partial charge in [-0.3, -0.25) is 4.98 Å². The second-order valence-electron chi connectivity index (χ2n) is 5.86. The third-order valence-corrected chi connectivity index (χ3v) is 4.00. The van der Waals surface area contributed by atoms with E-state index in [9.17, 15) is 5.11 Å². The van der Waals surface area contributed by atoms with E-state index < -0.39 is 6.10 Å². The summed E-state index contributed by atoms with van der Waals surface area (Å²) in [4.78, 5) is 4.46. The molecule has 0 aliphatic rings. The normalized spacial score (nSPS) is 12.4. The van der Waals surface area contributed by atoms with E-state index in [4.69, 9.17) is 0 Å². The van der Waals surface area contributed by atoms with Crippen LogP contribution in [-0.2, 0) is 6.54 Å². The van der Waals surface area contributed by atoms with Crippen LogP contribution in [0.5, 0.6) is 0 Å². The van der Waals surface area contributed by atoms with E-state index >= 15 is 0 Å². The van der Waals surface area contributed by atoms with Crippen molar-refractivity contribution < 1.29 is 5.11 Å². The van der Waals surface area contributed by atoms with E-state index in [2.05, 4.69) is 34.6 Å². The van der Waals surface area contributed by atoms with Crippen molar-refractivity contribution in [3.63, 3.8) is 0 Å². The molecule has 3 nitrogen and oxygen atoms in total. The predicted octanol–water partition coefficient (Wildman–Crippen LogP) is 3.76. The molecule has 0 fully saturated rings. The summed E-state index contributed by atoms with van der Waals surface area (Å²) in [5.74, 6) is 0. The second-order valence-corrected chi connectivity index (χ2v) is 5.86. The van der Waals surface area contributed by atoms with Crippen molar-refractivity contribution in [1.82, 2.24) is 10.3 Å². The minimum absolute atomic E-state index is 0.447. The molecule has 0 amide bonds. The first kappa shape index (κ1) is 15.7. The van der Waals surface area contributed by atoms with Gasteiger partial charge in [-0.25, -0.2) is 0 Å². The highest BCUT2D eigenvalue weighted by molar-refractivity contribution is 5.83. The van der Waals surface area contributed by atoms with Crippen LogP contribution in [0, 0.1) is 6.92 Å². The van der Waals surface area contributed by atoms with E-state index in [1.807, 2.05) is 43.3 Å². The summed E-state index contributed by atoms with van der Waals surface area (Å²) in [6.07, 6.45) is 0.238. The van der Waals surface area contributed by atoms with E-state index in [1.54, 1.807) is 0 Å². The molecule has 0 spiro atoms. The van der Waals surface area contributed by atoms with E-state index in [-0.39, 0.29) is 0 Å². The smallest absolute Gasteiger partial charge is 0.0802 e. The maximum atomic E-state index is 10.4. The molecule has 1 heterocycles. The quantitative estimate of drug-likeness (QED) is 0.682. The van der Waals surface area contributed by atoms with Crippen LogP contribution in [0.2, 0.25) is 0 Å². The lowest BCUT2D eigenvalue weighted by Crippen LogP contribution is -2.18. The number of rotatable bonds is 6. The Balaban J connectivity index is 1.53. The molecular weight excluding hydrogens is 284 g/mol. The Kier molecular flexibility index (Phi) is 5.01. The van der Waals surface area contributed by atoms with E-state index in [1.165, 1.54) is 10.8 Å². The van der Waals surface area contributed by atoms with Gasteiger partial charge in [-0.15, -0.1) is 0 Å². The maximum Gasteiger partial charge on any atom is 0.0802 e. The second kappa shape index (κ2) is 7.36. The molecule has 3 rings (SSSR count). The van der Waals surface area contributed by atoms with E-state index in [0.29, 0.717) is 6.42 Å². The molecule has 3 aromatic rings. The molecule has 0 saturated heterocycles. The number of benzene rings is 2. The summed E-state index contributed by atoms with van der Waals surface area (Å²) in [5.41, 5.74) is 3.03. The van der Waals surface area contributed by atoms with Crippen molar-refractivity contribution in [3.05, 3.63) is 77.6 Å². The highest BCUT2D eigenvalue weighted by Gasteiger charge is 2.08. The van der Waals surface area contributed by atoms with Gasteiger partial charge < -0.3 is 10.4 Å². The first-order chi connectivity index (χ1) is 11.2. The Morgan fingerprint density at radius 2 is 1.83 bits per heavy atom. The zero-order valence-corrected chi connectivity index (χ0v) is 13.4. The number of fused-ring (bicyclic) bond motifs is 1. The molecule has 23 heavy (non-hydrogen) atoms. The third-order valence-electron chi connectivity index (χ3n) is 4.00. The highest BCUT2D eigenvalue weighted by Crippen LogP contribution is 2.22. The van der Waals surface area contributed by atoms with Gasteiger partial charge in [0, 0.05) is 12.2 Å². The number of pyridine rings is 1. The van der Waals surface area contributed by atoms with Crippen molar-refractivity contribution in [2.24, 2.45) is 0 Å². The molecule has 0 aliphatic heterocycles. The molecule has 1 unspecified atom stereocenters. The molecule has 2 aromatic carbocycles. The van der Waals surface area contributed by atoms with Gasteiger partial charge in [0.15, 0.2) is 0 Å². The molecule has 1 aromatic heterocycles. The van der Waals surface area contributed by atoms with Gasteiger partial charge in [-0.2, -0.15) is 0 Å². The molecular formula is C20H22N2O. The van der Waals surface area contributed by atoms with Gasteiger partial charge in [-0.05, 0) is 54.4 Å². The number of aliphatic hydroxyl groups excluding tert-OH is 1. The van der Waals surface area contributed by atoms with Crippen molar-refractivity contribution in [2.75, 3.05) is 6.54 Å². The molecule has 1 atom stereocenters. The van der Waals surface area contributed by atoms with Gasteiger partial charge in [0.1, 0.15) is 0 Å². The van der Waals surface area contributed by atoms with Crippen LogP contribution in [0.25, 0.3) is 10.8 Å². The summed E-state index contributed by atoms with van der Waals surface area (Å²) in [6, 6.07) is 20.4. The SMILES string of the molecule is Cc1cccc(CNCCC(O)c2ccc3ccccc3c2)n1. The molecule has 0 bridgehead atoms. The Bertz CT molecular complexity index is 785. The summed E-state index contributed by atoms with van der Waals surface area (Å²) in [7, 11) is 0. The average molecular weight is 306 g/mol. The minimum atomic E-state index is -0.447. The fraction of sp³-hybridized carbons (Fsp3) is 0.250. The molecule has 3 heteroatoms. The average Bonchev–Trinajstić information content (AvgIpc) is 2.58. The molecule has 0 saturated carbocycles. The lowest BCUT2D eigenvalue weighted by atomic mass is 10.0. The number of aromatic nitrogens is 1. The van der Waals surface area contributed by atoms with Gasteiger partial charge in [-0.1, -0.05) is 42.5 Å². The number of aliphatic hydroxyl groups is 1. The standard InChI is InChI=1S/C20H22N2O/c1-15-5-4-8-19(22-15)14-21-12-11-20(23)18-10-9-16-6-2-3-7-17(16)13-18/h2-10,13,20-21,23H,11-12,14H2,1H3. The van der Waals surface area contributed by atoms with Crippen LogP contribution in [0.3, 0.4) is 0 Å². The number of hydrogen-bond donors (Lipinski definition) is 2. The fourth-order valence-electron chi connectivity index (χ4n) is 2.73. The summed E-state index contributed by atoms with van der Waals surface area (Å²) < 4.78 is 0. The lowest BCUT2D eigenvalue weighted by molar-refractivity contribution is 0.167. The monoisotopic (exact) mass is 306 g/mol. The van der Waals surface area contributed by atoms with Gasteiger partial charge >= 0.3 is 0 Å². The van der Waals surface area contributed by atoms with Crippen LogP contribution in [-0.4, -0.2) is 16.6 Å². The fourth-order valence-corrected chi connectivity index (χ4v) is 2.73. The first-order valence-corrected chi connectivity index (χ1v) is 8.02. The number of nitrogens with one attached hydrogen (secondary N) is 1. The Morgan fingerprint density at radius 1 is 1.00 bits per heavy atom. The predicted molar refractivity (Wildman–Crippen MR) is 94.2 cm³/mol. The highest BCUT2D eigenvalue weighted by atomic mass is 16.3. The van der Waals surface area contributed by atoms with Crippen LogP contribution >= 0.6 is 0 Å². The van der Waals surface area contributed by atoms with Crippen molar-refractivity contribution in [2.45, 2.75) is 26.0 Å². The molecule has 2 N–H and O–H groups in total. The number of nitrogens with zero attached hydrogens (tertiary/aromatic N) is 1. The Labute approximate surface area is 137 Å². The minimum Gasteiger partial charge on any atom is -0.388 e. The summed E-state index contributed by atoms with van der Waals surface area (Å²) >= 11 is 0. The van der Waals surface area contributed by atoms with Crippen LogP contribution < -0.4 is 5.32 Å². The molecule has 118 valence electrons. The molecule has 0 radical (unpaired) electrons. The number of hydrogen-bond acceptors (Lipinski definition) is 3. The van der Waals surface area contributed by atoms with Crippen LogP contribution in [0.15, 0.2) is 60.7 Å². The van der Waals surface area contributed by atoms with Gasteiger partial charge in [0.2, 0.25) is 0 Å². The largest absolute Gasteiger partial charge is 0.388 e. The maximum absolute atomic E-state index is 10.4. The van der Waals surface area contributed by atoms with Crippen molar-refractivity contribution >= 4 is 10.8 Å². The van der Waals surface area contributed by atoms with Gasteiger partial charge in [0.25, 0.3) is 0 Å². The molecule has 0 aliphatic carbocycles. The summed E-state index contributed by atoms with van der Waals surface area (Å²) in [5, 5.41) is 16.1. The van der Waals surface area contributed by atoms with Crippen LogP contribution in [0.4, 0.5) is 0 Å². The lowest BCUT2D eigenvalue weighted by Gasteiger charge is -2.12. The Hall–Kier alpha value is -2.23. The zero-order valence-electron chi connectivity index (χ0n) is 13.4. The first-order valence-electron chi connectivity index (χ1n) is 8.02. The summed E-state index contributed by atoms with van der Waals surface area (Å²) in [6.45, 7) is 3.47. The zero-order chi connectivity index (χ0) is 16.1. The van der Waals surface area contributed by atoms with Crippen molar-refractivity contribution in [1.29, 1.82) is 0 Å². The van der Waals surface area contributed by atoms with Gasteiger partial charge in [0.05, 0.1) is 11.8 Å². The van der Waals surface area contributed by atoms with Crippen molar-refractivity contribution in [3.8, 4) is 0 Å². The topological polar surface area (TPSA) is 45.1 Å². The van der Waals surface area contributed by atoms with Crippen LogP contribution in [0.1, 0.15) is 29.5 Å². The third kappa shape index (κ3) is 4.15. The Morgan fingerprint density at radius 3 is 2.65 bits per heavy atom. The van der Waals surface area contributed by atoms with E-state index in [0.717, 1.165) is 30.0 Å².